The van der Waals surface area contributed by atoms with E-state index in [0.717, 1.165) is 0 Å². The third kappa shape index (κ3) is 4.31. The molecular weight excluding hydrogens is 304 g/mol. The molecule has 2 rings (SSSR count). The molecule has 0 spiro atoms. The van der Waals surface area contributed by atoms with E-state index >= 15 is 0 Å². The zero-order valence-electron chi connectivity index (χ0n) is 13.4. The van der Waals surface area contributed by atoms with Gasteiger partial charge >= 0.3 is 17.9 Å². The van der Waals surface area contributed by atoms with E-state index in [1.165, 1.54) is 7.11 Å². The fraction of sp³-hybridized carbons (Fsp3) is 0.688. The van der Waals surface area contributed by atoms with Gasteiger partial charge in [0.2, 0.25) is 0 Å². The van der Waals surface area contributed by atoms with E-state index < -0.39 is 24.1 Å². The maximum atomic E-state index is 11.9. The Bertz CT molecular complexity index is 499. The molecule has 1 heterocycles. The van der Waals surface area contributed by atoms with Crippen molar-refractivity contribution in [1.82, 2.24) is 0 Å². The van der Waals surface area contributed by atoms with E-state index in [2.05, 4.69) is 6.58 Å². The van der Waals surface area contributed by atoms with E-state index in [1.807, 2.05) is 0 Å². The number of fused-ring (bicyclic) bond motifs is 2. The van der Waals surface area contributed by atoms with Crippen LogP contribution in [-0.2, 0) is 33.3 Å². The molecule has 1 aliphatic carbocycles. The van der Waals surface area contributed by atoms with Crippen LogP contribution in [-0.4, -0.2) is 49.9 Å². The normalized spacial score (nSPS) is 28.9. The van der Waals surface area contributed by atoms with E-state index in [4.69, 9.17) is 18.9 Å². The zero-order valence-corrected chi connectivity index (χ0v) is 13.4. The lowest BCUT2D eigenvalue weighted by atomic mass is 9.86. The van der Waals surface area contributed by atoms with Gasteiger partial charge in [-0.3, -0.25) is 9.59 Å². The second-order valence-electron chi connectivity index (χ2n) is 5.89. The highest BCUT2D eigenvalue weighted by atomic mass is 16.6. The van der Waals surface area contributed by atoms with E-state index in [-0.39, 0.29) is 31.0 Å². The molecular formula is C16H22O7. The van der Waals surface area contributed by atoms with Crippen molar-refractivity contribution < 1.29 is 33.3 Å². The summed E-state index contributed by atoms with van der Waals surface area (Å²) in [6, 6.07) is 0. The number of carbonyl (C=O) groups is 3. The lowest BCUT2D eigenvalue weighted by Gasteiger charge is -2.32. The number of methoxy groups -OCH3 is 1. The van der Waals surface area contributed by atoms with Crippen LogP contribution in [0, 0.1) is 5.92 Å². The fourth-order valence-corrected chi connectivity index (χ4v) is 2.82. The number of hydrogen-bond donors (Lipinski definition) is 0. The van der Waals surface area contributed by atoms with Crippen LogP contribution in [0.4, 0.5) is 0 Å². The summed E-state index contributed by atoms with van der Waals surface area (Å²) in [7, 11) is 1.53. The van der Waals surface area contributed by atoms with Crippen molar-refractivity contribution in [2.24, 2.45) is 5.92 Å². The van der Waals surface area contributed by atoms with Gasteiger partial charge in [0.05, 0.1) is 18.6 Å². The topological polar surface area (TPSA) is 88.1 Å². The summed E-state index contributed by atoms with van der Waals surface area (Å²) in [4.78, 5) is 34.7. The Morgan fingerprint density at radius 2 is 2.09 bits per heavy atom. The largest absolute Gasteiger partial charge is 0.462 e. The molecule has 0 N–H and O–H groups in total. The van der Waals surface area contributed by atoms with Crippen molar-refractivity contribution in [3.8, 4) is 0 Å². The van der Waals surface area contributed by atoms with Gasteiger partial charge in [-0.05, 0) is 19.8 Å². The molecule has 2 fully saturated rings. The lowest BCUT2D eigenvalue weighted by Crippen LogP contribution is -2.45. The first-order valence-electron chi connectivity index (χ1n) is 7.67. The van der Waals surface area contributed by atoms with Crippen LogP contribution >= 0.6 is 0 Å². The quantitative estimate of drug-likeness (QED) is 0.300. The van der Waals surface area contributed by atoms with E-state index in [9.17, 15) is 14.4 Å². The molecule has 128 valence electrons. The molecule has 0 radical (unpaired) electrons. The molecule has 0 amide bonds. The van der Waals surface area contributed by atoms with Crippen LogP contribution in [0.1, 0.15) is 32.6 Å². The minimum Gasteiger partial charge on any atom is -0.462 e. The van der Waals surface area contributed by atoms with Gasteiger partial charge in [-0.1, -0.05) is 6.58 Å². The predicted octanol–water partition coefficient (Wildman–Crippen LogP) is 1.15. The van der Waals surface area contributed by atoms with Crippen LogP contribution in [0.25, 0.3) is 0 Å². The Morgan fingerprint density at radius 3 is 2.74 bits per heavy atom. The number of rotatable bonds is 7. The van der Waals surface area contributed by atoms with Gasteiger partial charge < -0.3 is 18.9 Å². The van der Waals surface area contributed by atoms with Gasteiger partial charge in [0, 0.05) is 25.5 Å². The molecule has 23 heavy (non-hydrogen) atoms. The first-order valence-corrected chi connectivity index (χ1v) is 7.67. The summed E-state index contributed by atoms with van der Waals surface area (Å²) in [6.45, 7) is 5.15. The van der Waals surface area contributed by atoms with Gasteiger partial charge in [-0.15, -0.1) is 0 Å². The fourth-order valence-electron chi connectivity index (χ4n) is 2.82. The zero-order chi connectivity index (χ0) is 17.0. The third-order valence-electron chi connectivity index (χ3n) is 4.04. The van der Waals surface area contributed by atoms with Crippen molar-refractivity contribution in [1.29, 1.82) is 0 Å². The van der Waals surface area contributed by atoms with Crippen molar-refractivity contribution in [2.75, 3.05) is 13.7 Å². The SMILES string of the molecule is C=C(C)C(=O)OCCCC(=O)OC1C(OC)CC2CC1OC2=O. The molecule has 7 heteroatoms. The second kappa shape index (κ2) is 7.59. The van der Waals surface area contributed by atoms with Crippen molar-refractivity contribution in [2.45, 2.75) is 50.9 Å². The number of carbonyl (C=O) groups excluding carboxylic acids is 3. The van der Waals surface area contributed by atoms with Crippen LogP contribution < -0.4 is 0 Å². The monoisotopic (exact) mass is 326 g/mol. The maximum Gasteiger partial charge on any atom is 0.333 e. The van der Waals surface area contributed by atoms with Crippen LogP contribution in [0.3, 0.4) is 0 Å². The number of ether oxygens (including phenoxy) is 4. The predicted molar refractivity (Wildman–Crippen MR) is 78.3 cm³/mol. The Balaban J connectivity index is 1.76. The molecule has 4 unspecified atom stereocenters. The smallest absolute Gasteiger partial charge is 0.333 e. The molecule has 0 aromatic carbocycles. The maximum absolute atomic E-state index is 11.9. The van der Waals surface area contributed by atoms with Crippen LogP contribution in [0.5, 0.6) is 0 Å². The average Bonchev–Trinajstić information content (AvgIpc) is 2.82. The molecule has 2 bridgehead atoms. The molecule has 0 aromatic rings. The Labute approximate surface area is 134 Å². The van der Waals surface area contributed by atoms with Crippen LogP contribution in [0.15, 0.2) is 12.2 Å². The molecule has 1 saturated carbocycles. The van der Waals surface area contributed by atoms with Crippen molar-refractivity contribution in [3.05, 3.63) is 12.2 Å². The standard InChI is InChI=1S/C16H22O7/c1-9(2)15(18)21-6-4-5-13(17)23-14-11(20-3)7-10-8-12(14)22-16(10)19/h10-12,14H,1,4-8H2,2-3H3. The van der Waals surface area contributed by atoms with E-state index in [0.29, 0.717) is 24.8 Å². The minimum atomic E-state index is -0.576. The minimum absolute atomic E-state index is 0.112. The Morgan fingerprint density at radius 1 is 1.35 bits per heavy atom. The van der Waals surface area contributed by atoms with Gasteiger partial charge in [-0.2, -0.15) is 0 Å². The molecule has 0 aromatic heterocycles. The average molecular weight is 326 g/mol. The highest BCUT2D eigenvalue weighted by Gasteiger charge is 2.50. The summed E-state index contributed by atoms with van der Waals surface area (Å²) in [5.41, 5.74) is 0.315. The first-order chi connectivity index (χ1) is 10.9. The summed E-state index contributed by atoms with van der Waals surface area (Å²) < 4.78 is 20.9. The summed E-state index contributed by atoms with van der Waals surface area (Å²) in [5.74, 6) is -1.32. The van der Waals surface area contributed by atoms with Crippen molar-refractivity contribution in [3.63, 3.8) is 0 Å². The van der Waals surface area contributed by atoms with Gasteiger partial charge in [0.1, 0.15) is 6.10 Å². The van der Waals surface area contributed by atoms with Gasteiger partial charge in [0.25, 0.3) is 0 Å². The van der Waals surface area contributed by atoms with Gasteiger partial charge in [-0.25, -0.2) is 4.79 Å². The Kier molecular flexibility index (Phi) is 5.76. The van der Waals surface area contributed by atoms with Crippen LogP contribution in [0.2, 0.25) is 0 Å². The molecule has 7 nitrogen and oxygen atoms in total. The highest BCUT2D eigenvalue weighted by molar-refractivity contribution is 5.86. The summed E-state index contributed by atoms with van der Waals surface area (Å²) in [6.07, 6.45) is 0.183. The summed E-state index contributed by atoms with van der Waals surface area (Å²) >= 11 is 0. The highest BCUT2D eigenvalue weighted by Crippen LogP contribution is 2.37. The number of hydrogen-bond acceptors (Lipinski definition) is 7. The Hall–Kier alpha value is -1.89. The van der Waals surface area contributed by atoms with E-state index in [1.54, 1.807) is 6.92 Å². The molecule has 4 atom stereocenters. The van der Waals surface area contributed by atoms with Gasteiger partial charge in [0.15, 0.2) is 6.10 Å². The first kappa shape index (κ1) is 17.5. The second-order valence-corrected chi connectivity index (χ2v) is 5.89. The number of esters is 3. The van der Waals surface area contributed by atoms with Crippen molar-refractivity contribution >= 4 is 17.9 Å². The molecule has 2 aliphatic rings. The lowest BCUT2D eigenvalue weighted by molar-refractivity contribution is -0.172. The molecule has 1 saturated heterocycles. The molecule has 1 aliphatic heterocycles. The third-order valence-corrected chi connectivity index (χ3v) is 4.04. The summed E-state index contributed by atoms with van der Waals surface area (Å²) in [5, 5.41) is 0.